The largest absolute Gasteiger partial charge is 0.383 e. The minimum Gasteiger partial charge on any atom is -0.383 e. The van der Waals surface area contributed by atoms with Gasteiger partial charge in [-0.3, -0.25) is 4.79 Å². The number of nitrogens with two attached hydrogens (primary N) is 1. The van der Waals surface area contributed by atoms with E-state index in [9.17, 15) is 13.2 Å². The van der Waals surface area contributed by atoms with Gasteiger partial charge in [-0.2, -0.15) is 0 Å². The van der Waals surface area contributed by atoms with Crippen LogP contribution in [-0.2, 0) is 26.1 Å². The van der Waals surface area contributed by atoms with Crippen LogP contribution < -0.4 is 15.8 Å². The summed E-state index contributed by atoms with van der Waals surface area (Å²) >= 11 is 0. The molecule has 0 spiro atoms. The number of hydrogen-bond acceptors (Lipinski definition) is 5. The van der Waals surface area contributed by atoms with Crippen molar-refractivity contribution in [1.82, 2.24) is 10.0 Å². The molecule has 0 heterocycles. The molecule has 0 saturated carbocycles. The highest BCUT2D eigenvalue weighted by molar-refractivity contribution is 7.89. The van der Waals surface area contributed by atoms with Gasteiger partial charge in [-0.25, -0.2) is 13.1 Å². The average molecular weight is 408 g/mol. The SMILES string of the molecule is CCC(CC)(CN)C(=O)NCc1ccc(S(=O)(=O)NCCOC)cc1.Cl. The molecule has 0 bridgehead atoms. The molecule has 0 unspecified atom stereocenters. The number of rotatable bonds is 11. The summed E-state index contributed by atoms with van der Waals surface area (Å²) in [6.45, 7) is 5.06. The third-order valence-corrected chi connectivity index (χ3v) is 5.99. The first kappa shape index (κ1) is 24.8. The highest BCUT2D eigenvalue weighted by atomic mass is 35.5. The molecule has 1 aromatic carbocycles. The Labute approximate surface area is 162 Å². The number of amides is 1. The van der Waals surface area contributed by atoms with Gasteiger partial charge in [0.15, 0.2) is 0 Å². The van der Waals surface area contributed by atoms with Gasteiger partial charge in [0.25, 0.3) is 0 Å². The van der Waals surface area contributed by atoms with E-state index in [1.54, 1.807) is 12.1 Å². The summed E-state index contributed by atoms with van der Waals surface area (Å²) in [5.41, 5.74) is 6.05. The first-order chi connectivity index (χ1) is 11.8. The van der Waals surface area contributed by atoms with Crippen LogP contribution in [0.25, 0.3) is 0 Å². The smallest absolute Gasteiger partial charge is 0.240 e. The lowest BCUT2D eigenvalue weighted by molar-refractivity contribution is -0.131. The highest BCUT2D eigenvalue weighted by Crippen LogP contribution is 2.25. The summed E-state index contributed by atoms with van der Waals surface area (Å²) < 4.78 is 31.4. The summed E-state index contributed by atoms with van der Waals surface area (Å²) in [5, 5.41) is 2.89. The van der Waals surface area contributed by atoms with E-state index in [2.05, 4.69) is 10.0 Å². The van der Waals surface area contributed by atoms with E-state index in [-0.39, 0.29) is 29.8 Å². The lowest BCUT2D eigenvalue weighted by atomic mass is 9.81. The van der Waals surface area contributed by atoms with E-state index in [0.29, 0.717) is 32.5 Å². The van der Waals surface area contributed by atoms with Gasteiger partial charge in [0.05, 0.1) is 16.9 Å². The molecular formula is C17H30ClN3O4S. The van der Waals surface area contributed by atoms with Crippen LogP contribution in [-0.4, -0.2) is 41.1 Å². The van der Waals surface area contributed by atoms with Gasteiger partial charge >= 0.3 is 0 Å². The van der Waals surface area contributed by atoms with Gasteiger partial charge < -0.3 is 15.8 Å². The second kappa shape index (κ2) is 11.5. The monoisotopic (exact) mass is 407 g/mol. The maximum atomic E-state index is 12.4. The Morgan fingerprint density at radius 1 is 1.19 bits per heavy atom. The molecule has 0 radical (unpaired) electrons. The molecule has 150 valence electrons. The van der Waals surface area contributed by atoms with Crippen molar-refractivity contribution in [3.63, 3.8) is 0 Å². The normalized spacial score (nSPS) is 11.7. The molecule has 0 aliphatic carbocycles. The van der Waals surface area contributed by atoms with Crippen LogP contribution in [0, 0.1) is 5.41 Å². The van der Waals surface area contributed by atoms with Gasteiger partial charge in [0.1, 0.15) is 0 Å². The lowest BCUT2D eigenvalue weighted by Gasteiger charge is -2.28. The van der Waals surface area contributed by atoms with Gasteiger partial charge in [-0.05, 0) is 30.5 Å². The number of sulfonamides is 1. The van der Waals surface area contributed by atoms with Crippen molar-refractivity contribution in [2.24, 2.45) is 11.1 Å². The van der Waals surface area contributed by atoms with E-state index in [1.807, 2.05) is 13.8 Å². The van der Waals surface area contributed by atoms with Gasteiger partial charge in [-0.1, -0.05) is 26.0 Å². The van der Waals surface area contributed by atoms with E-state index < -0.39 is 15.4 Å². The molecule has 26 heavy (non-hydrogen) atoms. The Kier molecular flexibility index (Phi) is 11.0. The van der Waals surface area contributed by atoms with Crippen molar-refractivity contribution in [2.45, 2.75) is 38.1 Å². The summed E-state index contributed by atoms with van der Waals surface area (Å²) in [6, 6.07) is 6.42. The predicted octanol–water partition coefficient (Wildman–Crippen LogP) is 1.41. The van der Waals surface area contributed by atoms with Crippen molar-refractivity contribution in [3.8, 4) is 0 Å². The second-order valence-corrected chi connectivity index (χ2v) is 7.68. The molecule has 7 nitrogen and oxygen atoms in total. The molecule has 4 N–H and O–H groups in total. The van der Waals surface area contributed by atoms with Crippen LogP contribution in [0.15, 0.2) is 29.2 Å². The minimum absolute atomic E-state index is 0. The molecule has 0 aliphatic rings. The third-order valence-electron chi connectivity index (χ3n) is 4.51. The van der Waals surface area contributed by atoms with Gasteiger partial charge in [0.2, 0.25) is 15.9 Å². The Morgan fingerprint density at radius 2 is 1.77 bits per heavy atom. The first-order valence-corrected chi connectivity index (χ1v) is 9.89. The zero-order chi connectivity index (χ0) is 18.9. The Balaban J connectivity index is 0.00000625. The minimum atomic E-state index is -3.55. The fourth-order valence-corrected chi connectivity index (χ4v) is 3.48. The van der Waals surface area contributed by atoms with Gasteiger partial charge in [0, 0.05) is 26.7 Å². The van der Waals surface area contributed by atoms with Crippen LogP contribution in [0.5, 0.6) is 0 Å². The summed E-state index contributed by atoms with van der Waals surface area (Å²) in [4.78, 5) is 12.6. The fourth-order valence-electron chi connectivity index (χ4n) is 2.47. The number of methoxy groups -OCH3 is 1. The number of hydrogen-bond donors (Lipinski definition) is 3. The second-order valence-electron chi connectivity index (χ2n) is 5.91. The molecule has 0 atom stereocenters. The van der Waals surface area contributed by atoms with Crippen molar-refractivity contribution in [3.05, 3.63) is 29.8 Å². The third kappa shape index (κ3) is 6.51. The van der Waals surface area contributed by atoms with Crippen LogP contribution in [0.1, 0.15) is 32.3 Å². The highest BCUT2D eigenvalue weighted by Gasteiger charge is 2.32. The number of carbonyl (C=O) groups is 1. The van der Waals surface area contributed by atoms with E-state index >= 15 is 0 Å². The molecular weight excluding hydrogens is 378 g/mol. The van der Waals surface area contributed by atoms with Gasteiger partial charge in [-0.15, -0.1) is 12.4 Å². The summed E-state index contributed by atoms with van der Waals surface area (Å²) in [5.74, 6) is -0.0714. The number of halogens is 1. The standard InChI is InChI=1S/C17H29N3O4S.ClH/c1-4-17(5-2,13-18)16(21)19-12-14-6-8-15(9-7-14)25(22,23)20-10-11-24-3;/h6-9,20H,4-5,10-13,18H2,1-3H3,(H,19,21);1H. The van der Waals surface area contributed by atoms with Crippen molar-refractivity contribution >= 4 is 28.3 Å². The molecule has 1 amide bonds. The lowest BCUT2D eigenvalue weighted by Crippen LogP contribution is -2.45. The zero-order valence-corrected chi connectivity index (χ0v) is 17.2. The molecule has 9 heteroatoms. The maximum absolute atomic E-state index is 12.4. The van der Waals surface area contributed by atoms with E-state index in [0.717, 1.165) is 5.56 Å². The van der Waals surface area contributed by atoms with E-state index in [4.69, 9.17) is 10.5 Å². The summed E-state index contributed by atoms with van der Waals surface area (Å²) in [6.07, 6.45) is 1.35. The van der Waals surface area contributed by atoms with E-state index in [1.165, 1.54) is 19.2 Å². The van der Waals surface area contributed by atoms with Crippen LogP contribution in [0.3, 0.4) is 0 Å². The average Bonchev–Trinajstić information content (AvgIpc) is 2.62. The Hall–Kier alpha value is -1.19. The van der Waals surface area contributed by atoms with Crippen LogP contribution in [0.2, 0.25) is 0 Å². The number of benzene rings is 1. The van der Waals surface area contributed by atoms with Crippen molar-refractivity contribution in [2.75, 3.05) is 26.8 Å². The number of carbonyl (C=O) groups excluding carboxylic acids is 1. The Bertz CT molecular complexity index is 638. The summed E-state index contributed by atoms with van der Waals surface area (Å²) in [7, 11) is -2.04. The quantitative estimate of drug-likeness (QED) is 0.480. The number of ether oxygens (including phenoxy) is 1. The molecule has 0 aliphatic heterocycles. The molecule has 1 rings (SSSR count). The topological polar surface area (TPSA) is 111 Å². The Morgan fingerprint density at radius 3 is 2.23 bits per heavy atom. The van der Waals surface area contributed by atoms with Crippen LogP contribution >= 0.6 is 12.4 Å². The zero-order valence-electron chi connectivity index (χ0n) is 15.6. The fraction of sp³-hybridized carbons (Fsp3) is 0.588. The first-order valence-electron chi connectivity index (χ1n) is 8.41. The molecule has 0 saturated heterocycles. The molecule has 1 aromatic rings. The molecule has 0 aromatic heterocycles. The van der Waals surface area contributed by atoms with Crippen LogP contribution in [0.4, 0.5) is 0 Å². The predicted molar refractivity (Wildman–Crippen MR) is 105 cm³/mol. The van der Waals surface area contributed by atoms with Crippen molar-refractivity contribution in [1.29, 1.82) is 0 Å². The number of nitrogens with one attached hydrogen (secondary N) is 2. The molecule has 0 fully saturated rings. The maximum Gasteiger partial charge on any atom is 0.240 e. The van der Waals surface area contributed by atoms with Crippen molar-refractivity contribution < 1.29 is 17.9 Å².